The molecule has 1 aliphatic rings. The van der Waals surface area contributed by atoms with Crippen molar-refractivity contribution in [2.24, 2.45) is 0 Å². The third-order valence-electron chi connectivity index (χ3n) is 3.68. The van der Waals surface area contributed by atoms with E-state index >= 15 is 0 Å². The molecule has 106 valence electrons. The fourth-order valence-corrected chi connectivity index (χ4v) is 4.38. The predicted molar refractivity (Wildman–Crippen MR) is 75.7 cm³/mol. The van der Waals surface area contributed by atoms with E-state index in [0.29, 0.717) is 6.54 Å². The van der Waals surface area contributed by atoms with Gasteiger partial charge in [0.1, 0.15) is 0 Å². The standard InChI is InChI=1S/C14H21NO3S/c1-3-15(8-12-6-4-11(2)5-7-12)13-9-19(17,18)10-14(13)16/h4-7,13-14,16H,3,8-10H2,1-2H3/t13-,14-/m0/s1. The van der Waals surface area contributed by atoms with Gasteiger partial charge in [0.15, 0.2) is 9.84 Å². The third kappa shape index (κ3) is 3.55. The zero-order chi connectivity index (χ0) is 14.0. The van der Waals surface area contributed by atoms with Crippen LogP contribution in [0.1, 0.15) is 18.1 Å². The first kappa shape index (κ1) is 14.5. The number of rotatable bonds is 4. The zero-order valence-corrected chi connectivity index (χ0v) is 12.2. The number of nitrogens with zero attached hydrogens (tertiary/aromatic N) is 1. The summed E-state index contributed by atoms with van der Waals surface area (Å²) in [6, 6.07) is 7.91. The van der Waals surface area contributed by atoms with Gasteiger partial charge in [0.05, 0.1) is 23.7 Å². The number of aliphatic hydroxyl groups is 1. The maximum absolute atomic E-state index is 11.6. The minimum atomic E-state index is -3.09. The molecule has 1 aromatic carbocycles. The molecule has 0 amide bonds. The number of aryl methyl sites for hydroxylation is 1. The fraction of sp³-hybridized carbons (Fsp3) is 0.571. The molecule has 0 aliphatic carbocycles. The van der Waals surface area contributed by atoms with E-state index in [9.17, 15) is 13.5 Å². The van der Waals surface area contributed by atoms with E-state index in [2.05, 4.69) is 0 Å². The highest BCUT2D eigenvalue weighted by atomic mass is 32.2. The molecule has 19 heavy (non-hydrogen) atoms. The van der Waals surface area contributed by atoms with Crippen molar-refractivity contribution in [1.82, 2.24) is 4.90 Å². The van der Waals surface area contributed by atoms with Crippen LogP contribution in [-0.2, 0) is 16.4 Å². The van der Waals surface area contributed by atoms with Gasteiger partial charge in [-0.15, -0.1) is 0 Å². The molecule has 1 aliphatic heterocycles. The molecule has 0 unspecified atom stereocenters. The molecule has 0 bridgehead atoms. The summed E-state index contributed by atoms with van der Waals surface area (Å²) >= 11 is 0. The molecule has 1 saturated heterocycles. The van der Waals surface area contributed by atoms with E-state index < -0.39 is 15.9 Å². The second-order valence-corrected chi connectivity index (χ2v) is 7.41. The maximum atomic E-state index is 11.6. The Bertz CT molecular complexity index is 524. The van der Waals surface area contributed by atoms with Crippen LogP contribution in [0.2, 0.25) is 0 Å². The van der Waals surface area contributed by atoms with Crippen molar-refractivity contribution >= 4 is 9.84 Å². The highest BCUT2D eigenvalue weighted by Crippen LogP contribution is 2.20. The van der Waals surface area contributed by atoms with Gasteiger partial charge in [-0.2, -0.15) is 0 Å². The number of aliphatic hydroxyl groups excluding tert-OH is 1. The molecule has 0 spiro atoms. The smallest absolute Gasteiger partial charge is 0.154 e. The molecular weight excluding hydrogens is 262 g/mol. The number of sulfone groups is 1. The van der Waals surface area contributed by atoms with Crippen LogP contribution in [-0.4, -0.2) is 48.6 Å². The van der Waals surface area contributed by atoms with E-state index in [1.807, 2.05) is 43.0 Å². The lowest BCUT2D eigenvalue weighted by molar-refractivity contribution is 0.0818. The Kier molecular flexibility index (Phi) is 4.28. The molecule has 5 heteroatoms. The minimum absolute atomic E-state index is 0.0634. The van der Waals surface area contributed by atoms with Crippen LogP contribution < -0.4 is 0 Å². The molecule has 0 saturated carbocycles. The minimum Gasteiger partial charge on any atom is -0.390 e. The van der Waals surface area contributed by atoms with E-state index in [4.69, 9.17) is 0 Å². The SMILES string of the molecule is CCN(Cc1ccc(C)cc1)[C@H]1CS(=O)(=O)C[C@@H]1O. The van der Waals surface area contributed by atoms with E-state index in [1.165, 1.54) is 5.56 Å². The molecule has 2 atom stereocenters. The van der Waals surface area contributed by atoms with Crippen molar-refractivity contribution in [1.29, 1.82) is 0 Å². The van der Waals surface area contributed by atoms with Gasteiger partial charge < -0.3 is 5.11 Å². The lowest BCUT2D eigenvalue weighted by atomic mass is 10.1. The largest absolute Gasteiger partial charge is 0.390 e. The van der Waals surface area contributed by atoms with E-state index in [-0.39, 0.29) is 17.5 Å². The molecule has 1 aromatic rings. The van der Waals surface area contributed by atoms with Crippen molar-refractivity contribution < 1.29 is 13.5 Å². The first-order valence-electron chi connectivity index (χ1n) is 6.59. The van der Waals surface area contributed by atoms with Crippen molar-refractivity contribution in [3.8, 4) is 0 Å². The summed E-state index contributed by atoms with van der Waals surface area (Å²) in [5, 5.41) is 9.93. The number of hydrogen-bond donors (Lipinski definition) is 1. The second kappa shape index (κ2) is 5.61. The Morgan fingerprint density at radius 1 is 1.26 bits per heavy atom. The summed E-state index contributed by atoms with van der Waals surface area (Å²) in [5.41, 5.74) is 2.35. The molecule has 4 nitrogen and oxygen atoms in total. The Hall–Kier alpha value is -0.910. The van der Waals surface area contributed by atoms with Gasteiger partial charge in [-0.1, -0.05) is 36.8 Å². The number of hydrogen-bond acceptors (Lipinski definition) is 4. The lowest BCUT2D eigenvalue weighted by Crippen LogP contribution is -2.42. The van der Waals surface area contributed by atoms with E-state index in [0.717, 1.165) is 12.1 Å². The summed E-state index contributed by atoms with van der Waals surface area (Å²) in [5.74, 6) is -0.0457. The van der Waals surface area contributed by atoms with Gasteiger partial charge >= 0.3 is 0 Å². The van der Waals surface area contributed by atoms with Crippen LogP contribution in [0.5, 0.6) is 0 Å². The molecule has 0 aromatic heterocycles. The Morgan fingerprint density at radius 3 is 2.37 bits per heavy atom. The van der Waals surface area contributed by atoms with Crippen molar-refractivity contribution in [2.75, 3.05) is 18.1 Å². The lowest BCUT2D eigenvalue weighted by Gasteiger charge is -2.28. The molecule has 0 radical (unpaired) electrons. The van der Waals surface area contributed by atoms with Gasteiger partial charge in [0.2, 0.25) is 0 Å². The maximum Gasteiger partial charge on any atom is 0.154 e. The van der Waals surface area contributed by atoms with Crippen LogP contribution in [0.3, 0.4) is 0 Å². The number of benzene rings is 1. The van der Waals surface area contributed by atoms with Crippen LogP contribution in [0.4, 0.5) is 0 Å². The Labute approximate surface area is 115 Å². The van der Waals surface area contributed by atoms with Crippen LogP contribution >= 0.6 is 0 Å². The quantitative estimate of drug-likeness (QED) is 0.895. The molecular formula is C14H21NO3S. The summed E-state index contributed by atoms with van der Waals surface area (Å²) in [7, 11) is -3.09. The highest BCUT2D eigenvalue weighted by Gasteiger charge is 2.39. The summed E-state index contributed by atoms with van der Waals surface area (Å²) in [6.45, 7) is 5.43. The second-order valence-electron chi connectivity index (χ2n) is 5.26. The monoisotopic (exact) mass is 283 g/mol. The van der Waals surface area contributed by atoms with Crippen molar-refractivity contribution in [2.45, 2.75) is 32.5 Å². The summed E-state index contributed by atoms with van der Waals surface area (Å²) in [6.07, 6.45) is -0.768. The van der Waals surface area contributed by atoms with Crippen molar-refractivity contribution in [3.05, 3.63) is 35.4 Å². The fourth-order valence-electron chi connectivity index (χ4n) is 2.55. The van der Waals surface area contributed by atoms with Gasteiger partial charge in [-0.25, -0.2) is 8.42 Å². The molecule has 1 N–H and O–H groups in total. The van der Waals surface area contributed by atoms with E-state index in [1.54, 1.807) is 0 Å². The molecule has 1 fully saturated rings. The Morgan fingerprint density at radius 2 is 1.89 bits per heavy atom. The van der Waals surface area contributed by atoms with Crippen LogP contribution in [0.25, 0.3) is 0 Å². The summed E-state index contributed by atoms with van der Waals surface area (Å²) < 4.78 is 23.2. The third-order valence-corrected chi connectivity index (χ3v) is 5.37. The van der Waals surface area contributed by atoms with Gasteiger partial charge in [-0.3, -0.25) is 4.90 Å². The predicted octanol–water partition coefficient (Wildman–Crippen LogP) is 0.975. The van der Waals surface area contributed by atoms with Crippen LogP contribution in [0.15, 0.2) is 24.3 Å². The average Bonchev–Trinajstić information content (AvgIpc) is 2.62. The number of likely N-dealkylation sites (N-methyl/N-ethyl adjacent to an activating group) is 1. The van der Waals surface area contributed by atoms with Gasteiger partial charge in [-0.05, 0) is 19.0 Å². The molecule has 2 rings (SSSR count). The zero-order valence-electron chi connectivity index (χ0n) is 11.4. The van der Waals surface area contributed by atoms with Crippen molar-refractivity contribution in [3.63, 3.8) is 0 Å². The first-order valence-corrected chi connectivity index (χ1v) is 8.41. The average molecular weight is 283 g/mol. The van der Waals surface area contributed by atoms with Crippen LogP contribution in [0, 0.1) is 6.92 Å². The Balaban J connectivity index is 2.10. The topological polar surface area (TPSA) is 57.6 Å². The van der Waals surface area contributed by atoms with Gasteiger partial charge in [0.25, 0.3) is 0 Å². The van der Waals surface area contributed by atoms with Gasteiger partial charge in [0, 0.05) is 6.54 Å². The molecule has 1 heterocycles. The first-order chi connectivity index (χ1) is 8.91. The summed E-state index contributed by atoms with van der Waals surface area (Å²) in [4.78, 5) is 2.04. The highest BCUT2D eigenvalue weighted by molar-refractivity contribution is 7.91. The normalized spacial score (nSPS) is 25.9.